The lowest BCUT2D eigenvalue weighted by Crippen LogP contribution is -2.34. The van der Waals surface area contributed by atoms with Crippen molar-refractivity contribution in [1.82, 2.24) is 24.8 Å². The summed E-state index contributed by atoms with van der Waals surface area (Å²) in [4.78, 5) is 4.19. The minimum atomic E-state index is -3.90. The van der Waals surface area contributed by atoms with Crippen molar-refractivity contribution in [2.75, 3.05) is 13.1 Å². The molecule has 1 aromatic carbocycles. The lowest BCUT2D eigenvalue weighted by molar-refractivity contribution is 0.0194. The number of benzene rings is 1. The van der Waals surface area contributed by atoms with Crippen LogP contribution in [0.25, 0.3) is 11.0 Å². The number of aliphatic hydroxyl groups is 1. The van der Waals surface area contributed by atoms with Gasteiger partial charge in [-0.15, -0.1) is 0 Å². The van der Waals surface area contributed by atoms with E-state index in [-0.39, 0.29) is 41.7 Å². The highest BCUT2D eigenvalue weighted by atomic mass is 32.2. The molecule has 26 heavy (non-hydrogen) atoms. The monoisotopic (exact) mass is 379 g/mol. The summed E-state index contributed by atoms with van der Waals surface area (Å²) in [7, 11) is -3.90. The van der Waals surface area contributed by atoms with E-state index >= 15 is 0 Å². The number of fused-ring (bicyclic) bond motifs is 1. The van der Waals surface area contributed by atoms with Crippen molar-refractivity contribution < 1.29 is 22.7 Å². The van der Waals surface area contributed by atoms with Gasteiger partial charge in [0.15, 0.2) is 16.9 Å². The van der Waals surface area contributed by atoms with E-state index in [1.54, 1.807) is 12.1 Å². The van der Waals surface area contributed by atoms with Crippen LogP contribution in [0.5, 0.6) is 0 Å². The molecule has 1 atom stereocenters. The highest BCUT2D eigenvalue weighted by Crippen LogP contribution is 2.35. The van der Waals surface area contributed by atoms with Gasteiger partial charge in [-0.25, -0.2) is 13.0 Å². The maximum atomic E-state index is 13.0. The van der Waals surface area contributed by atoms with Crippen LogP contribution < -0.4 is 0 Å². The molecule has 0 spiro atoms. The van der Waals surface area contributed by atoms with Gasteiger partial charge in [0.1, 0.15) is 10.4 Å². The Labute approximate surface area is 148 Å². The van der Waals surface area contributed by atoms with Crippen molar-refractivity contribution in [3.05, 3.63) is 29.9 Å². The molecule has 0 bridgehead atoms. The molecule has 0 amide bonds. The van der Waals surface area contributed by atoms with E-state index in [0.29, 0.717) is 11.3 Å². The van der Waals surface area contributed by atoms with Crippen molar-refractivity contribution in [2.24, 2.45) is 0 Å². The number of sulfonamides is 1. The fourth-order valence-electron chi connectivity index (χ4n) is 2.93. The smallest absolute Gasteiger partial charge is 0.260 e. The summed E-state index contributed by atoms with van der Waals surface area (Å²) >= 11 is 0. The van der Waals surface area contributed by atoms with Crippen LogP contribution in [-0.2, 0) is 15.6 Å². The lowest BCUT2D eigenvalue weighted by Gasteiger charge is -2.19. The van der Waals surface area contributed by atoms with E-state index in [2.05, 4.69) is 25.1 Å². The van der Waals surface area contributed by atoms with Crippen molar-refractivity contribution in [3.8, 4) is 0 Å². The van der Waals surface area contributed by atoms with Gasteiger partial charge in [0.2, 0.25) is 10.0 Å². The van der Waals surface area contributed by atoms with E-state index in [0.717, 1.165) is 0 Å². The molecule has 0 aliphatic carbocycles. The van der Waals surface area contributed by atoms with Gasteiger partial charge in [-0.1, -0.05) is 25.1 Å². The average molecular weight is 379 g/mol. The maximum absolute atomic E-state index is 13.0. The Morgan fingerprint density at radius 1 is 1.27 bits per heavy atom. The van der Waals surface area contributed by atoms with E-state index in [9.17, 15) is 13.5 Å². The summed E-state index contributed by atoms with van der Waals surface area (Å²) in [6.07, 6.45) is 0.152. The summed E-state index contributed by atoms with van der Waals surface area (Å²) < 4.78 is 37.0. The van der Waals surface area contributed by atoms with E-state index < -0.39 is 15.6 Å². The summed E-state index contributed by atoms with van der Waals surface area (Å²) in [6, 6.07) is 4.61. The molecule has 2 aromatic heterocycles. The number of nitrogens with zero attached hydrogens (tertiary/aromatic N) is 5. The van der Waals surface area contributed by atoms with Crippen LogP contribution in [0.1, 0.15) is 37.9 Å². The molecule has 1 aliphatic heterocycles. The third-order valence-corrected chi connectivity index (χ3v) is 6.31. The Kier molecular flexibility index (Phi) is 3.82. The number of aromatic nitrogens is 4. The van der Waals surface area contributed by atoms with Gasteiger partial charge in [0.05, 0.1) is 6.54 Å². The number of hydrogen-bond donors (Lipinski definition) is 1. The fourth-order valence-corrected chi connectivity index (χ4v) is 4.56. The first-order valence-corrected chi connectivity index (χ1v) is 9.53. The third kappa shape index (κ3) is 2.59. The zero-order valence-electron chi connectivity index (χ0n) is 14.2. The minimum absolute atomic E-state index is 0.0195. The molecule has 0 unspecified atom stereocenters. The average Bonchev–Trinajstić information content (AvgIpc) is 3.33. The Morgan fingerprint density at radius 3 is 2.81 bits per heavy atom. The van der Waals surface area contributed by atoms with Crippen LogP contribution in [0.3, 0.4) is 0 Å². The van der Waals surface area contributed by atoms with Crippen molar-refractivity contribution >= 4 is 21.1 Å². The van der Waals surface area contributed by atoms with Crippen LogP contribution >= 0.6 is 0 Å². The van der Waals surface area contributed by atoms with E-state index in [1.807, 2.05) is 13.8 Å². The second-order valence-corrected chi connectivity index (χ2v) is 8.53. The van der Waals surface area contributed by atoms with Gasteiger partial charge >= 0.3 is 0 Å². The molecule has 10 nitrogen and oxygen atoms in total. The normalized spacial score (nSPS) is 21.8. The van der Waals surface area contributed by atoms with Crippen molar-refractivity contribution in [1.29, 1.82) is 0 Å². The number of rotatable bonds is 4. The molecule has 11 heteroatoms. The second-order valence-electron chi connectivity index (χ2n) is 6.62. The molecule has 1 saturated heterocycles. The van der Waals surface area contributed by atoms with E-state index in [4.69, 9.17) is 4.52 Å². The number of hydrogen-bond acceptors (Lipinski definition) is 9. The molecule has 1 fully saturated rings. The molecule has 3 aromatic rings. The topological polar surface area (TPSA) is 135 Å². The zero-order valence-corrected chi connectivity index (χ0v) is 15.0. The van der Waals surface area contributed by atoms with Gasteiger partial charge < -0.3 is 9.63 Å². The van der Waals surface area contributed by atoms with Crippen LogP contribution in [-0.4, -0.2) is 51.4 Å². The van der Waals surface area contributed by atoms with Gasteiger partial charge in [-0.05, 0) is 22.4 Å². The maximum Gasteiger partial charge on any atom is 0.260 e. The Morgan fingerprint density at radius 2 is 2.08 bits per heavy atom. The van der Waals surface area contributed by atoms with Crippen molar-refractivity contribution in [2.45, 2.75) is 36.7 Å². The van der Waals surface area contributed by atoms with Gasteiger partial charge in [0, 0.05) is 18.9 Å². The largest absolute Gasteiger partial charge is 0.379 e. The standard InChI is InChI=1S/C15H17N5O5S/c1-9(2)13-16-14(24-19-13)15(21)6-7-20(8-15)26(22,23)11-5-3-4-10-12(11)18-25-17-10/h3-5,9,21H,6-8H2,1-2H3/t15-/m0/s1. The Balaban J connectivity index is 1.66. The molecule has 0 radical (unpaired) electrons. The summed E-state index contributed by atoms with van der Waals surface area (Å²) in [5, 5.41) is 22.0. The molecular weight excluding hydrogens is 362 g/mol. The Bertz CT molecular complexity index is 1060. The molecule has 1 N–H and O–H groups in total. The fraction of sp³-hybridized carbons (Fsp3) is 0.467. The first-order chi connectivity index (χ1) is 12.3. The predicted octanol–water partition coefficient (Wildman–Crippen LogP) is 1.01. The van der Waals surface area contributed by atoms with Crippen LogP contribution in [0.2, 0.25) is 0 Å². The molecule has 4 rings (SSSR count). The first-order valence-electron chi connectivity index (χ1n) is 8.09. The molecule has 1 aliphatic rings. The quantitative estimate of drug-likeness (QED) is 0.704. The van der Waals surface area contributed by atoms with E-state index in [1.165, 1.54) is 10.4 Å². The summed E-state index contributed by atoms with van der Waals surface area (Å²) in [5.41, 5.74) is -1.02. The van der Waals surface area contributed by atoms with Gasteiger partial charge in [0.25, 0.3) is 5.89 Å². The lowest BCUT2D eigenvalue weighted by atomic mass is 10.0. The zero-order chi connectivity index (χ0) is 18.5. The summed E-state index contributed by atoms with van der Waals surface area (Å²) in [6.45, 7) is 3.73. The first kappa shape index (κ1) is 17.1. The molecular formula is C15H17N5O5S. The molecule has 138 valence electrons. The van der Waals surface area contributed by atoms with Gasteiger partial charge in [-0.2, -0.15) is 9.29 Å². The second kappa shape index (κ2) is 5.83. The van der Waals surface area contributed by atoms with Gasteiger partial charge in [-0.3, -0.25) is 0 Å². The third-order valence-electron chi connectivity index (χ3n) is 4.44. The highest BCUT2D eigenvalue weighted by Gasteiger charge is 2.47. The highest BCUT2D eigenvalue weighted by molar-refractivity contribution is 7.89. The number of β-amino-alcohol motifs (C(OH)–C–C–N with tert-alkyl or cyclic N) is 1. The van der Waals surface area contributed by atoms with Crippen LogP contribution in [0.15, 0.2) is 32.2 Å². The van der Waals surface area contributed by atoms with Crippen LogP contribution in [0.4, 0.5) is 0 Å². The molecule has 0 saturated carbocycles. The molecule has 3 heterocycles. The predicted molar refractivity (Wildman–Crippen MR) is 87.5 cm³/mol. The van der Waals surface area contributed by atoms with Crippen molar-refractivity contribution in [3.63, 3.8) is 0 Å². The SMILES string of the molecule is CC(C)c1noc([C@]2(O)CCN(S(=O)(=O)c3cccc4nonc34)C2)n1. The summed E-state index contributed by atoms with van der Waals surface area (Å²) in [5.74, 6) is 0.531. The van der Waals surface area contributed by atoms with Crippen LogP contribution in [0, 0.1) is 0 Å². The Hall–Kier alpha value is -2.37. The minimum Gasteiger partial charge on any atom is -0.379 e.